The highest BCUT2D eigenvalue weighted by Gasteiger charge is 2.35. The molecule has 1 atom stereocenters. The third-order valence-corrected chi connectivity index (χ3v) is 4.77. The summed E-state index contributed by atoms with van der Waals surface area (Å²) in [4.78, 5) is 13.6. The zero-order chi connectivity index (χ0) is 10.2. The Kier molecular flexibility index (Phi) is 2.51. The first-order valence-corrected chi connectivity index (χ1v) is 6.90. The summed E-state index contributed by atoms with van der Waals surface area (Å²) in [6.45, 7) is 1.63. The maximum absolute atomic E-state index is 11.8. The summed E-state index contributed by atoms with van der Waals surface area (Å²) in [5.41, 5.74) is 0. The van der Waals surface area contributed by atoms with Crippen molar-refractivity contribution in [2.75, 3.05) is 24.6 Å². The van der Waals surface area contributed by atoms with Crippen molar-refractivity contribution >= 4 is 15.7 Å². The quantitative estimate of drug-likeness (QED) is 0.623. The van der Waals surface area contributed by atoms with Crippen molar-refractivity contribution in [2.24, 2.45) is 5.92 Å². The van der Waals surface area contributed by atoms with E-state index in [1.165, 1.54) is 0 Å². The van der Waals surface area contributed by atoms with E-state index >= 15 is 0 Å². The minimum absolute atomic E-state index is 0.0589. The van der Waals surface area contributed by atoms with Crippen LogP contribution in [0, 0.1) is 5.92 Å². The van der Waals surface area contributed by atoms with E-state index in [2.05, 4.69) is 0 Å². The van der Waals surface area contributed by atoms with Crippen LogP contribution in [0.5, 0.6) is 0 Å². The molecule has 0 aromatic carbocycles. The van der Waals surface area contributed by atoms with E-state index in [-0.39, 0.29) is 23.3 Å². The molecule has 0 spiro atoms. The molecule has 1 amide bonds. The van der Waals surface area contributed by atoms with Gasteiger partial charge in [0.2, 0.25) is 5.91 Å². The molecule has 2 fully saturated rings. The number of carbonyl (C=O) groups is 1. The van der Waals surface area contributed by atoms with E-state index < -0.39 is 9.84 Å². The second kappa shape index (κ2) is 3.53. The third kappa shape index (κ3) is 1.92. The molecular weight excluding hydrogens is 202 g/mol. The molecule has 5 heteroatoms. The number of carbonyl (C=O) groups excluding carboxylic acids is 1. The first-order valence-electron chi connectivity index (χ1n) is 5.08. The van der Waals surface area contributed by atoms with Gasteiger partial charge in [0.25, 0.3) is 0 Å². The van der Waals surface area contributed by atoms with Gasteiger partial charge in [-0.05, 0) is 19.3 Å². The van der Waals surface area contributed by atoms with Gasteiger partial charge >= 0.3 is 0 Å². The lowest BCUT2D eigenvalue weighted by atomic mass is 10.1. The second-order valence-electron chi connectivity index (χ2n) is 4.13. The minimum atomic E-state index is -2.92. The van der Waals surface area contributed by atoms with Crippen LogP contribution in [0.3, 0.4) is 0 Å². The Morgan fingerprint density at radius 1 is 1.21 bits per heavy atom. The van der Waals surface area contributed by atoms with Crippen LogP contribution in [-0.2, 0) is 14.6 Å². The third-order valence-electron chi connectivity index (χ3n) is 3.00. The molecule has 0 saturated carbocycles. The Labute approximate surface area is 84.2 Å². The molecule has 0 aromatic heterocycles. The number of likely N-dealkylation sites (tertiary alicyclic amines) is 1. The van der Waals surface area contributed by atoms with Gasteiger partial charge in [0.1, 0.15) is 0 Å². The molecule has 4 nitrogen and oxygen atoms in total. The van der Waals surface area contributed by atoms with Gasteiger partial charge in [-0.1, -0.05) is 0 Å². The summed E-state index contributed by atoms with van der Waals surface area (Å²) in [5, 5.41) is 0. The highest BCUT2D eigenvalue weighted by Crippen LogP contribution is 2.22. The van der Waals surface area contributed by atoms with Gasteiger partial charge in [0.15, 0.2) is 9.84 Å². The van der Waals surface area contributed by atoms with Crippen molar-refractivity contribution in [3.63, 3.8) is 0 Å². The standard InChI is InChI=1S/C9H15NO3S/c11-9(10-4-1-2-5-10)8-3-6-14(12,13)7-8/h8H,1-7H2. The Balaban J connectivity index is 1.99. The van der Waals surface area contributed by atoms with Gasteiger partial charge in [-0.3, -0.25) is 4.79 Å². The molecule has 2 heterocycles. The van der Waals surface area contributed by atoms with Crippen LogP contribution in [0.1, 0.15) is 19.3 Å². The van der Waals surface area contributed by atoms with Crippen LogP contribution in [0.25, 0.3) is 0 Å². The first kappa shape index (κ1) is 9.96. The molecule has 0 aromatic rings. The second-order valence-corrected chi connectivity index (χ2v) is 6.36. The van der Waals surface area contributed by atoms with Gasteiger partial charge in [0.05, 0.1) is 17.4 Å². The van der Waals surface area contributed by atoms with Crippen LogP contribution in [0.2, 0.25) is 0 Å². The number of hydrogen-bond acceptors (Lipinski definition) is 3. The van der Waals surface area contributed by atoms with Gasteiger partial charge < -0.3 is 4.90 Å². The van der Waals surface area contributed by atoms with E-state index in [0.717, 1.165) is 25.9 Å². The van der Waals surface area contributed by atoms with Crippen LogP contribution in [0.4, 0.5) is 0 Å². The summed E-state index contributed by atoms with van der Waals surface area (Å²) in [6, 6.07) is 0. The molecule has 80 valence electrons. The zero-order valence-electron chi connectivity index (χ0n) is 8.11. The predicted octanol–water partition coefficient (Wildman–Crippen LogP) is 0.0435. The molecule has 1 unspecified atom stereocenters. The summed E-state index contributed by atoms with van der Waals surface area (Å²) in [6.07, 6.45) is 2.65. The Bertz CT molecular complexity index is 330. The van der Waals surface area contributed by atoms with Crippen LogP contribution < -0.4 is 0 Å². The lowest BCUT2D eigenvalue weighted by molar-refractivity contribution is -0.133. The topological polar surface area (TPSA) is 54.5 Å². The lowest BCUT2D eigenvalue weighted by Crippen LogP contribution is -2.34. The number of rotatable bonds is 1. The Morgan fingerprint density at radius 3 is 2.36 bits per heavy atom. The zero-order valence-corrected chi connectivity index (χ0v) is 8.92. The lowest BCUT2D eigenvalue weighted by Gasteiger charge is -2.18. The highest BCUT2D eigenvalue weighted by atomic mass is 32.2. The molecule has 14 heavy (non-hydrogen) atoms. The summed E-state index contributed by atoms with van der Waals surface area (Å²) in [7, 11) is -2.92. The Morgan fingerprint density at radius 2 is 1.86 bits per heavy atom. The maximum atomic E-state index is 11.8. The van der Waals surface area contributed by atoms with Gasteiger partial charge in [-0.25, -0.2) is 8.42 Å². The van der Waals surface area contributed by atoms with Gasteiger partial charge in [-0.2, -0.15) is 0 Å². The molecule has 2 saturated heterocycles. The molecule has 2 aliphatic heterocycles. The largest absolute Gasteiger partial charge is 0.342 e. The molecule has 0 N–H and O–H groups in total. The van der Waals surface area contributed by atoms with Crippen molar-refractivity contribution in [3.8, 4) is 0 Å². The van der Waals surface area contributed by atoms with Crippen molar-refractivity contribution < 1.29 is 13.2 Å². The molecule has 2 aliphatic rings. The monoisotopic (exact) mass is 217 g/mol. The summed E-state index contributed by atoms with van der Waals surface area (Å²) >= 11 is 0. The summed E-state index contributed by atoms with van der Waals surface area (Å²) in [5.74, 6) is 0.0706. The molecule has 0 aliphatic carbocycles. The maximum Gasteiger partial charge on any atom is 0.226 e. The average molecular weight is 217 g/mol. The number of nitrogens with zero attached hydrogens (tertiary/aromatic N) is 1. The van der Waals surface area contributed by atoms with Crippen molar-refractivity contribution in [2.45, 2.75) is 19.3 Å². The van der Waals surface area contributed by atoms with E-state index in [4.69, 9.17) is 0 Å². The van der Waals surface area contributed by atoms with Crippen molar-refractivity contribution in [3.05, 3.63) is 0 Å². The van der Waals surface area contributed by atoms with Crippen LogP contribution in [0.15, 0.2) is 0 Å². The van der Waals surface area contributed by atoms with Crippen LogP contribution in [-0.4, -0.2) is 43.8 Å². The average Bonchev–Trinajstić information content (AvgIpc) is 2.72. The van der Waals surface area contributed by atoms with E-state index in [9.17, 15) is 13.2 Å². The number of hydrogen-bond donors (Lipinski definition) is 0. The SMILES string of the molecule is O=C(C1CCS(=O)(=O)C1)N1CCCC1. The molecule has 0 bridgehead atoms. The van der Waals surface area contributed by atoms with E-state index in [0.29, 0.717) is 6.42 Å². The van der Waals surface area contributed by atoms with Gasteiger partial charge in [-0.15, -0.1) is 0 Å². The molecule has 2 rings (SSSR count). The van der Waals surface area contributed by atoms with Crippen molar-refractivity contribution in [1.82, 2.24) is 4.90 Å². The normalized spacial score (nSPS) is 30.9. The van der Waals surface area contributed by atoms with E-state index in [1.807, 2.05) is 4.90 Å². The van der Waals surface area contributed by atoms with Crippen molar-refractivity contribution in [1.29, 1.82) is 0 Å². The van der Waals surface area contributed by atoms with Gasteiger partial charge in [0, 0.05) is 13.1 Å². The highest BCUT2D eigenvalue weighted by molar-refractivity contribution is 7.91. The smallest absolute Gasteiger partial charge is 0.226 e. The van der Waals surface area contributed by atoms with Crippen LogP contribution >= 0.6 is 0 Å². The molecular formula is C9H15NO3S. The summed E-state index contributed by atoms with van der Waals surface area (Å²) < 4.78 is 22.4. The minimum Gasteiger partial charge on any atom is -0.342 e. The fraction of sp³-hybridized carbons (Fsp3) is 0.889. The first-order chi connectivity index (χ1) is 6.58. The fourth-order valence-electron chi connectivity index (χ4n) is 2.19. The number of sulfone groups is 1. The van der Waals surface area contributed by atoms with E-state index in [1.54, 1.807) is 0 Å². The molecule has 0 radical (unpaired) electrons. The number of amides is 1. The predicted molar refractivity (Wildman–Crippen MR) is 52.6 cm³/mol. The fourth-order valence-corrected chi connectivity index (χ4v) is 3.92. The Hall–Kier alpha value is -0.580.